The minimum absolute atomic E-state index is 0. The summed E-state index contributed by atoms with van der Waals surface area (Å²) in [6.45, 7) is 5.43. The van der Waals surface area contributed by atoms with Crippen LogP contribution in [0.15, 0.2) is 0 Å². The number of carbonyl (C=O) groups excluding carboxylic acids is 1. The maximum Gasteiger partial charge on any atom is 0.237 e. The molecule has 16 heavy (non-hydrogen) atoms. The van der Waals surface area contributed by atoms with E-state index in [4.69, 9.17) is 10.5 Å². The summed E-state index contributed by atoms with van der Waals surface area (Å²) in [4.78, 5) is 11.5. The molecule has 1 saturated heterocycles. The zero-order valence-corrected chi connectivity index (χ0v) is 10.9. The van der Waals surface area contributed by atoms with E-state index < -0.39 is 0 Å². The molecule has 2 atom stereocenters. The van der Waals surface area contributed by atoms with Gasteiger partial charge < -0.3 is 15.8 Å². The van der Waals surface area contributed by atoms with Crippen molar-refractivity contribution in [1.29, 1.82) is 0 Å². The van der Waals surface area contributed by atoms with Crippen LogP contribution in [-0.4, -0.2) is 30.7 Å². The Labute approximate surface area is 104 Å². The van der Waals surface area contributed by atoms with E-state index in [-0.39, 0.29) is 30.0 Å². The Morgan fingerprint density at radius 2 is 2.31 bits per heavy atom. The van der Waals surface area contributed by atoms with Crippen LogP contribution in [0.3, 0.4) is 0 Å². The van der Waals surface area contributed by atoms with Crippen LogP contribution in [0.5, 0.6) is 0 Å². The van der Waals surface area contributed by atoms with Crippen LogP contribution in [0.1, 0.15) is 39.5 Å². The summed E-state index contributed by atoms with van der Waals surface area (Å²) in [7, 11) is 0. The van der Waals surface area contributed by atoms with Gasteiger partial charge in [-0.2, -0.15) is 0 Å². The number of rotatable bonds is 5. The fourth-order valence-corrected chi connectivity index (χ4v) is 1.82. The second-order valence-electron chi connectivity index (χ2n) is 4.51. The molecule has 0 aromatic carbocycles. The molecule has 0 aromatic rings. The number of halogens is 1. The lowest BCUT2D eigenvalue weighted by molar-refractivity contribution is -0.123. The molecule has 1 aliphatic rings. The van der Waals surface area contributed by atoms with Crippen molar-refractivity contribution in [3.8, 4) is 0 Å². The fraction of sp³-hybridized carbons (Fsp3) is 0.909. The zero-order chi connectivity index (χ0) is 11.3. The van der Waals surface area contributed by atoms with Crippen molar-refractivity contribution in [2.45, 2.75) is 51.2 Å². The highest BCUT2D eigenvalue weighted by Gasteiger charge is 2.30. The van der Waals surface area contributed by atoms with Crippen LogP contribution in [0, 0.1) is 0 Å². The Hall–Kier alpha value is -0.320. The van der Waals surface area contributed by atoms with Crippen molar-refractivity contribution < 1.29 is 9.53 Å². The van der Waals surface area contributed by atoms with Gasteiger partial charge in [0.1, 0.15) is 0 Å². The molecule has 0 bridgehead atoms. The van der Waals surface area contributed by atoms with E-state index in [9.17, 15) is 4.79 Å². The molecule has 96 valence electrons. The Bertz CT molecular complexity index is 218. The first kappa shape index (κ1) is 15.7. The second kappa shape index (κ2) is 7.09. The predicted octanol–water partition coefficient (Wildman–Crippen LogP) is 1.22. The van der Waals surface area contributed by atoms with Gasteiger partial charge in [-0.1, -0.05) is 13.3 Å². The average molecular weight is 251 g/mol. The Morgan fingerprint density at radius 3 is 2.81 bits per heavy atom. The average Bonchev–Trinajstić information content (AvgIpc) is 2.63. The highest BCUT2D eigenvalue weighted by atomic mass is 35.5. The summed E-state index contributed by atoms with van der Waals surface area (Å²) >= 11 is 0. The molecule has 3 N–H and O–H groups in total. The molecule has 0 saturated carbocycles. The highest BCUT2D eigenvalue weighted by molar-refractivity contribution is 5.85. The van der Waals surface area contributed by atoms with E-state index in [1.165, 1.54) is 0 Å². The van der Waals surface area contributed by atoms with E-state index in [2.05, 4.69) is 5.32 Å². The number of nitrogens with one attached hydrogen (secondary N) is 1. The summed E-state index contributed by atoms with van der Waals surface area (Å²) in [6.07, 6.45) is 3.76. The summed E-state index contributed by atoms with van der Waals surface area (Å²) in [5.41, 5.74) is 5.52. The van der Waals surface area contributed by atoms with E-state index >= 15 is 0 Å². The summed E-state index contributed by atoms with van der Waals surface area (Å²) < 4.78 is 5.58. The van der Waals surface area contributed by atoms with Gasteiger partial charge in [0.05, 0.1) is 11.6 Å². The number of amides is 1. The van der Waals surface area contributed by atoms with Crippen LogP contribution in [0.25, 0.3) is 0 Å². The van der Waals surface area contributed by atoms with Gasteiger partial charge in [0, 0.05) is 13.2 Å². The van der Waals surface area contributed by atoms with Crippen LogP contribution >= 0.6 is 12.4 Å². The Kier molecular flexibility index (Phi) is 6.95. The quantitative estimate of drug-likeness (QED) is 0.771. The van der Waals surface area contributed by atoms with Crippen molar-refractivity contribution in [2.24, 2.45) is 5.73 Å². The molecule has 5 heteroatoms. The summed E-state index contributed by atoms with van der Waals surface area (Å²) in [5.74, 6) is -0.0615. The third-order valence-electron chi connectivity index (χ3n) is 2.87. The first-order valence-electron chi connectivity index (χ1n) is 5.74. The normalized spacial score (nSPS) is 25.9. The number of nitrogens with two attached hydrogens (primary N) is 1. The van der Waals surface area contributed by atoms with Crippen LogP contribution in [0.2, 0.25) is 0 Å². The van der Waals surface area contributed by atoms with Crippen molar-refractivity contribution >= 4 is 18.3 Å². The Balaban J connectivity index is 0.00000225. The standard InChI is InChI=1S/C11H22N2O2.ClH/c1-3-5-9(12)10(14)13-8-11(2)6-4-7-15-11;/h9H,3-8,12H2,1-2H3,(H,13,14);1H. The molecule has 1 amide bonds. The van der Waals surface area contributed by atoms with E-state index in [1.54, 1.807) is 0 Å². The minimum atomic E-state index is -0.375. The van der Waals surface area contributed by atoms with Gasteiger partial charge in [0.2, 0.25) is 5.91 Å². The van der Waals surface area contributed by atoms with Crippen molar-refractivity contribution in [2.75, 3.05) is 13.2 Å². The smallest absolute Gasteiger partial charge is 0.237 e. The van der Waals surface area contributed by atoms with Gasteiger partial charge in [-0.15, -0.1) is 12.4 Å². The molecule has 1 fully saturated rings. The highest BCUT2D eigenvalue weighted by Crippen LogP contribution is 2.23. The first-order chi connectivity index (χ1) is 7.07. The third-order valence-corrected chi connectivity index (χ3v) is 2.87. The molecule has 1 rings (SSSR count). The molecule has 0 aromatic heterocycles. The number of hydrogen-bond donors (Lipinski definition) is 2. The maximum absolute atomic E-state index is 11.5. The summed E-state index contributed by atoms with van der Waals surface area (Å²) in [6, 6.07) is -0.375. The van der Waals surface area contributed by atoms with E-state index in [0.717, 1.165) is 32.3 Å². The topological polar surface area (TPSA) is 64.4 Å². The van der Waals surface area contributed by atoms with Gasteiger partial charge in [0.15, 0.2) is 0 Å². The lowest BCUT2D eigenvalue weighted by atomic mass is 10.0. The number of ether oxygens (including phenoxy) is 1. The minimum Gasteiger partial charge on any atom is -0.373 e. The van der Waals surface area contributed by atoms with Gasteiger partial charge in [-0.3, -0.25) is 4.79 Å². The molecular formula is C11H23ClN2O2. The van der Waals surface area contributed by atoms with E-state index in [1.807, 2.05) is 13.8 Å². The monoisotopic (exact) mass is 250 g/mol. The van der Waals surface area contributed by atoms with Gasteiger partial charge in [-0.25, -0.2) is 0 Å². The molecule has 0 spiro atoms. The van der Waals surface area contributed by atoms with Crippen LogP contribution in [-0.2, 0) is 9.53 Å². The lowest BCUT2D eigenvalue weighted by Gasteiger charge is -2.24. The molecule has 1 aliphatic heterocycles. The number of hydrogen-bond acceptors (Lipinski definition) is 3. The summed E-state index contributed by atoms with van der Waals surface area (Å²) in [5, 5.41) is 2.86. The first-order valence-corrected chi connectivity index (χ1v) is 5.74. The molecule has 1 heterocycles. The molecule has 4 nitrogen and oxygen atoms in total. The van der Waals surface area contributed by atoms with E-state index in [0.29, 0.717) is 6.54 Å². The second-order valence-corrected chi connectivity index (χ2v) is 4.51. The molecule has 0 aliphatic carbocycles. The fourth-order valence-electron chi connectivity index (χ4n) is 1.82. The van der Waals surface area contributed by atoms with Crippen molar-refractivity contribution in [3.63, 3.8) is 0 Å². The van der Waals surface area contributed by atoms with Crippen LogP contribution in [0.4, 0.5) is 0 Å². The SMILES string of the molecule is CCCC(N)C(=O)NCC1(C)CCCO1.Cl. The maximum atomic E-state index is 11.5. The van der Waals surface area contributed by atoms with Gasteiger partial charge in [0.25, 0.3) is 0 Å². The van der Waals surface area contributed by atoms with Crippen molar-refractivity contribution in [3.05, 3.63) is 0 Å². The molecule has 2 unspecified atom stereocenters. The van der Waals surface area contributed by atoms with Gasteiger partial charge in [-0.05, 0) is 26.2 Å². The third kappa shape index (κ3) is 4.68. The Morgan fingerprint density at radius 1 is 1.62 bits per heavy atom. The van der Waals surface area contributed by atoms with Crippen molar-refractivity contribution in [1.82, 2.24) is 5.32 Å². The zero-order valence-electron chi connectivity index (χ0n) is 10.1. The lowest BCUT2D eigenvalue weighted by Crippen LogP contribution is -2.46. The predicted molar refractivity (Wildman–Crippen MR) is 66.7 cm³/mol. The molecular weight excluding hydrogens is 228 g/mol. The largest absolute Gasteiger partial charge is 0.373 e. The molecule has 0 radical (unpaired) electrons. The van der Waals surface area contributed by atoms with Gasteiger partial charge >= 0.3 is 0 Å². The number of carbonyl (C=O) groups is 1. The van der Waals surface area contributed by atoms with Crippen LogP contribution < -0.4 is 11.1 Å².